The van der Waals surface area contributed by atoms with Crippen molar-refractivity contribution in [1.29, 1.82) is 0 Å². The molecule has 2 aromatic rings. The van der Waals surface area contributed by atoms with Gasteiger partial charge in [0.05, 0.1) is 12.2 Å². The van der Waals surface area contributed by atoms with Crippen LogP contribution >= 0.6 is 0 Å². The first-order valence-electron chi connectivity index (χ1n) is 7.73. The average molecular weight is 313 g/mol. The molecule has 23 heavy (non-hydrogen) atoms. The van der Waals surface area contributed by atoms with Crippen LogP contribution in [0.25, 0.3) is 11.5 Å². The van der Waals surface area contributed by atoms with Gasteiger partial charge in [0.2, 0.25) is 5.89 Å². The molecular weight excluding hydrogens is 294 g/mol. The molecule has 0 aliphatic carbocycles. The van der Waals surface area contributed by atoms with Crippen molar-refractivity contribution in [2.75, 3.05) is 0 Å². The second kappa shape index (κ2) is 5.87. The molecule has 1 aliphatic rings. The Hall–Kier alpha value is -2.63. The standard InChI is InChI=1S/C17H19N3O3/c1-3-17(4-2)15(21)20(16(22)19-17)10-13-11-23-14(18-13)12-8-6-5-7-9-12/h5-9,11H,3-4,10H2,1-2H3,(H,19,22). The van der Waals surface area contributed by atoms with Crippen molar-refractivity contribution in [2.45, 2.75) is 38.8 Å². The van der Waals surface area contributed by atoms with E-state index in [-0.39, 0.29) is 18.5 Å². The maximum Gasteiger partial charge on any atom is 0.325 e. The highest BCUT2D eigenvalue weighted by Gasteiger charge is 2.48. The second-order valence-corrected chi connectivity index (χ2v) is 5.62. The molecule has 120 valence electrons. The van der Waals surface area contributed by atoms with Crippen molar-refractivity contribution in [3.8, 4) is 11.5 Å². The fourth-order valence-electron chi connectivity index (χ4n) is 2.80. The summed E-state index contributed by atoms with van der Waals surface area (Å²) in [6, 6.07) is 9.12. The van der Waals surface area contributed by atoms with E-state index in [9.17, 15) is 9.59 Å². The first-order chi connectivity index (χ1) is 11.1. The van der Waals surface area contributed by atoms with Crippen molar-refractivity contribution < 1.29 is 14.0 Å². The number of nitrogens with one attached hydrogen (secondary N) is 1. The fourth-order valence-corrected chi connectivity index (χ4v) is 2.80. The van der Waals surface area contributed by atoms with Crippen LogP contribution in [0.5, 0.6) is 0 Å². The maximum absolute atomic E-state index is 12.6. The van der Waals surface area contributed by atoms with E-state index in [1.165, 1.54) is 11.2 Å². The minimum absolute atomic E-state index is 0.114. The number of urea groups is 1. The number of hydrogen-bond acceptors (Lipinski definition) is 4. The van der Waals surface area contributed by atoms with Crippen LogP contribution in [0.4, 0.5) is 4.79 Å². The summed E-state index contributed by atoms with van der Waals surface area (Å²) in [5.41, 5.74) is 0.617. The van der Waals surface area contributed by atoms with Crippen LogP contribution in [0.3, 0.4) is 0 Å². The van der Waals surface area contributed by atoms with Gasteiger partial charge in [0, 0.05) is 5.56 Å². The third kappa shape index (κ3) is 2.60. The molecule has 1 saturated heterocycles. The molecule has 0 atom stereocenters. The Balaban J connectivity index is 1.79. The van der Waals surface area contributed by atoms with E-state index in [0.29, 0.717) is 24.4 Å². The molecule has 6 nitrogen and oxygen atoms in total. The van der Waals surface area contributed by atoms with Gasteiger partial charge in [0.25, 0.3) is 5.91 Å². The molecule has 0 unspecified atom stereocenters. The molecule has 3 rings (SSSR count). The topological polar surface area (TPSA) is 75.4 Å². The van der Waals surface area contributed by atoms with Gasteiger partial charge in [-0.3, -0.25) is 9.69 Å². The summed E-state index contributed by atoms with van der Waals surface area (Å²) >= 11 is 0. The fraction of sp³-hybridized carbons (Fsp3) is 0.353. The highest BCUT2D eigenvalue weighted by atomic mass is 16.3. The number of benzene rings is 1. The van der Waals surface area contributed by atoms with Gasteiger partial charge in [-0.1, -0.05) is 32.0 Å². The summed E-state index contributed by atoms with van der Waals surface area (Å²) in [5.74, 6) is 0.279. The number of amides is 3. The lowest BCUT2D eigenvalue weighted by atomic mass is 9.93. The molecule has 2 heterocycles. The third-order valence-corrected chi connectivity index (χ3v) is 4.35. The van der Waals surface area contributed by atoms with Crippen LogP contribution in [0, 0.1) is 0 Å². The predicted molar refractivity (Wildman–Crippen MR) is 84.3 cm³/mol. The van der Waals surface area contributed by atoms with E-state index >= 15 is 0 Å². The summed E-state index contributed by atoms with van der Waals surface area (Å²) in [5, 5.41) is 2.80. The predicted octanol–water partition coefficient (Wildman–Crippen LogP) is 2.95. The molecule has 3 amide bonds. The lowest BCUT2D eigenvalue weighted by Gasteiger charge is -2.22. The smallest absolute Gasteiger partial charge is 0.325 e. The Labute approximate surface area is 134 Å². The molecule has 0 radical (unpaired) electrons. The summed E-state index contributed by atoms with van der Waals surface area (Å²) in [6.07, 6.45) is 2.62. The Bertz CT molecular complexity index is 720. The number of imide groups is 1. The summed E-state index contributed by atoms with van der Waals surface area (Å²) in [7, 11) is 0. The molecule has 1 fully saturated rings. The number of aromatic nitrogens is 1. The van der Waals surface area contributed by atoms with Crippen LogP contribution < -0.4 is 5.32 Å². The van der Waals surface area contributed by atoms with E-state index in [1.807, 2.05) is 44.2 Å². The van der Waals surface area contributed by atoms with Gasteiger partial charge in [0.1, 0.15) is 11.8 Å². The number of carbonyl (C=O) groups is 2. The van der Waals surface area contributed by atoms with Crippen LogP contribution in [0.2, 0.25) is 0 Å². The van der Waals surface area contributed by atoms with Crippen molar-refractivity contribution in [3.05, 3.63) is 42.3 Å². The van der Waals surface area contributed by atoms with Crippen LogP contribution in [0.15, 0.2) is 41.0 Å². The van der Waals surface area contributed by atoms with Crippen LogP contribution in [-0.2, 0) is 11.3 Å². The SMILES string of the molecule is CCC1(CC)NC(=O)N(Cc2coc(-c3ccccc3)n2)C1=O. The van der Waals surface area contributed by atoms with Crippen molar-refractivity contribution in [2.24, 2.45) is 0 Å². The van der Waals surface area contributed by atoms with Gasteiger partial charge in [-0.05, 0) is 25.0 Å². The number of rotatable bonds is 5. The van der Waals surface area contributed by atoms with Gasteiger partial charge in [-0.2, -0.15) is 0 Å². The van der Waals surface area contributed by atoms with Gasteiger partial charge >= 0.3 is 6.03 Å². The quantitative estimate of drug-likeness (QED) is 0.861. The molecule has 1 N–H and O–H groups in total. The molecule has 0 bridgehead atoms. The number of oxazole rings is 1. The Morgan fingerprint density at radius 1 is 1.17 bits per heavy atom. The molecule has 1 aliphatic heterocycles. The van der Waals surface area contributed by atoms with Crippen LogP contribution in [-0.4, -0.2) is 27.4 Å². The van der Waals surface area contributed by atoms with E-state index in [4.69, 9.17) is 4.42 Å². The van der Waals surface area contributed by atoms with E-state index in [1.54, 1.807) is 0 Å². The van der Waals surface area contributed by atoms with Gasteiger partial charge < -0.3 is 9.73 Å². The molecule has 0 spiro atoms. The Morgan fingerprint density at radius 3 is 2.48 bits per heavy atom. The van der Waals surface area contributed by atoms with Crippen molar-refractivity contribution in [3.63, 3.8) is 0 Å². The number of hydrogen-bond donors (Lipinski definition) is 1. The Morgan fingerprint density at radius 2 is 1.87 bits per heavy atom. The van der Waals surface area contributed by atoms with Crippen LogP contribution in [0.1, 0.15) is 32.4 Å². The number of nitrogens with zero attached hydrogens (tertiary/aromatic N) is 2. The first kappa shape index (κ1) is 15.3. The maximum atomic E-state index is 12.6. The normalized spacial score (nSPS) is 16.7. The van der Waals surface area contributed by atoms with E-state index in [0.717, 1.165) is 5.56 Å². The van der Waals surface area contributed by atoms with E-state index < -0.39 is 5.54 Å². The monoisotopic (exact) mass is 313 g/mol. The highest BCUT2D eigenvalue weighted by Crippen LogP contribution is 2.26. The lowest BCUT2D eigenvalue weighted by Crippen LogP contribution is -2.45. The average Bonchev–Trinajstić information content (AvgIpc) is 3.14. The summed E-state index contributed by atoms with van der Waals surface area (Å²) < 4.78 is 5.46. The number of carbonyl (C=O) groups excluding carboxylic acids is 2. The minimum Gasteiger partial charge on any atom is -0.444 e. The Kier molecular flexibility index (Phi) is 3.90. The molecule has 1 aromatic heterocycles. The van der Waals surface area contributed by atoms with Crippen molar-refractivity contribution in [1.82, 2.24) is 15.2 Å². The largest absolute Gasteiger partial charge is 0.444 e. The van der Waals surface area contributed by atoms with Gasteiger partial charge in [-0.25, -0.2) is 9.78 Å². The van der Waals surface area contributed by atoms with Gasteiger partial charge in [-0.15, -0.1) is 0 Å². The van der Waals surface area contributed by atoms with Gasteiger partial charge in [0.15, 0.2) is 0 Å². The molecule has 0 saturated carbocycles. The van der Waals surface area contributed by atoms with E-state index in [2.05, 4.69) is 10.3 Å². The zero-order valence-electron chi connectivity index (χ0n) is 13.2. The molecule has 1 aromatic carbocycles. The molecular formula is C17H19N3O3. The minimum atomic E-state index is -0.789. The molecule has 6 heteroatoms. The summed E-state index contributed by atoms with van der Waals surface area (Å²) in [6.45, 7) is 3.91. The lowest BCUT2D eigenvalue weighted by molar-refractivity contribution is -0.132. The first-order valence-corrected chi connectivity index (χ1v) is 7.73. The highest BCUT2D eigenvalue weighted by molar-refractivity contribution is 6.06. The zero-order chi connectivity index (χ0) is 16.4. The summed E-state index contributed by atoms with van der Waals surface area (Å²) in [4.78, 5) is 30.3. The second-order valence-electron chi connectivity index (χ2n) is 5.62. The third-order valence-electron chi connectivity index (χ3n) is 4.35. The van der Waals surface area contributed by atoms with Crippen molar-refractivity contribution >= 4 is 11.9 Å². The zero-order valence-corrected chi connectivity index (χ0v) is 13.2.